The van der Waals surface area contributed by atoms with E-state index in [2.05, 4.69) is 10.3 Å². The van der Waals surface area contributed by atoms with Crippen LogP contribution in [0.2, 0.25) is 0 Å². The van der Waals surface area contributed by atoms with E-state index in [-0.39, 0.29) is 36.3 Å². The summed E-state index contributed by atoms with van der Waals surface area (Å²) in [6.07, 6.45) is 0.0993. The molecule has 2 N–H and O–H groups in total. The van der Waals surface area contributed by atoms with Crippen molar-refractivity contribution in [3.05, 3.63) is 45.6 Å². The highest BCUT2D eigenvalue weighted by atomic mass is 32.1. The van der Waals surface area contributed by atoms with E-state index in [1.807, 2.05) is 39.1 Å². The molecule has 2 aromatic heterocycles. The first-order valence-corrected chi connectivity index (χ1v) is 10.1. The molecule has 1 amide bonds. The molecule has 0 saturated heterocycles. The lowest BCUT2D eigenvalue weighted by atomic mass is 9.95. The summed E-state index contributed by atoms with van der Waals surface area (Å²) in [6, 6.07) is 7.00. The minimum absolute atomic E-state index is 0.0993. The number of carbonyl (C=O) groups is 2. The summed E-state index contributed by atoms with van der Waals surface area (Å²) in [4.78, 5) is 39.4. The number of thiophene rings is 1. The summed E-state index contributed by atoms with van der Waals surface area (Å²) in [5.41, 5.74) is 0.329. The van der Waals surface area contributed by atoms with Crippen LogP contribution in [0, 0.1) is 5.92 Å². The lowest BCUT2D eigenvalue weighted by Crippen LogP contribution is -2.35. The molecule has 0 atom stereocenters. The van der Waals surface area contributed by atoms with Crippen molar-refractivity contribution in [3.63, 3.8) is 0 Å². The molecule has 0 unspecified atom stereocenters. The van der Waals surface area contributed by atoms with Crippen LogP contribution in [-0.2, 0) is 9.53 Å². The summed E-state index contributed by atoms with van der Waals surface area (Å²) in [5, 5.41) is 6.16. The van der Waals surface area contributed by atoms with Crippen LogP contribution in [-0.4, -0.2) is 29.0 Å². The van der Waals surface area contributed by atoms with Gasteiger partial charge in [-0.1, -0.05) is 19.9 Å². The van der Waals surface area contributed by atoms with E-state index in [1.165, 1.54) is 11.3 Å². The number of esters is 1. The van der Waals surface area contributed by atoms with Gasteiger partial charge >= 0.3 is 5.97 Å². The average Bonchev–Trinajstić information content (AvgIpc) is 3.11. The second-order valence-electron chi connectivity index (χ2n) is 7.62. The third-order valence-electron chi connectivity index (χ3n) is 5.07. The SMILES string of the molecule is CC(C)C(C)(C)OC(=O)CCNC(=O)c1ccc2c(c1)[nH]c(=O)c1ccsc12. The maximum atomic E-state index is 12.4. The van der Waals surface area contributed by atoms with Gasteiger partial charge in [-0.05, 0) is 43.3 Å². The number of rotatable bonds is 6. The van der Waals surface area contributed by atoms with Crippen LogP contribution in [0.15, 0.2) is 34.4 Å². The molecule has 1 aromatic carbocycles. The van der Waals surface area contributed by atoms with Gasteiger partial charge in [0.1, 0.15) is 5.60 Å². The van der Waals surface area contributed by atoms with Crippen LogP contribution >= 0.6 is 11.3 Å². The van der Waals surface area contributed by atoms with Crippen molar-refractivity contribution < 1.29 is 14.3 Å². The molecule has 0 fully saturated rings. The number of H-pyrrole nitrogens is 1. The van der Waals surface area contributed by atoms with E-state index in [9.17, 15) is 14.4 Å². The smallest absolute Gasteiger partial charge is 0.308 e. The van der Waals surface area contributed by atoms with Crippen LogP contribution in [0.5, 0.6) is 0 Å². The van der Waals surface area contributed by atoms with Gasteiger partial charge in [-0.2, -0.15) is 0 Å². The van der Waals surface area contributed by atoms with Crippen LogP contribution in [0.1, 0.15) is 44.5 Å². The third kappa shape index (κ3) is 4.09. The number of hydrogen-bond acceptors (Lipinski definition) is 5. The molecule has 0 aliphatic carbocycles. The first-order valence-electron chi connectivity index (χ1n) is 9.22. The number of hydrogen-bond donors (Lipinski definition) is 2. The Balaban J connectivity index is 1.66. The molecule has 2 heterocycles. The lowest BCUT2D eigenvalue weighted by Gasteiger charge is -2.29. The zero-order chi connectivity index (χ0) is 20.5. The summed E-state index contributed by atoms with van der Waals surface area (Å²) in [6.45, 7) is 7.90. The predicted molar refractivity (Wildman–Crippen MR) is 112 cm³/mol. The highest BCUT2D eigenvalue weighted by Crippen LogP contribution is 2.26. The van der Waals surface area contributed by atoms with E-state index < -0.39 is 5.60 Å². The molecule has 0 aliphatic rings. The summed E-state index contributed by atoms with van der Waals surface area (Å²) in [5.74, 6) is -0.451. The van der Waals surface area contributed by atoms with Crippen molar-refractivity contribution in [1.29, 1.82) is 0 Å². The number of fused-ring (bicyclic) bond motifs is 3. The molecular formula is C21H24N2O4S. The Kier molecular flexibility index (Phi) is 5.56. The van der Waals surface area contributed by atoms with Crippen molar-refractivity contribution in [1.82, 2.24) is 10.3 Å². The zero-order valence-corrected chi connectivity index (χ0v) is 17.2. The van der Waals surface area contributed by atoms with Gasteiger partial charge in [0.2, 0.25) is 0 Å². The Morgan fingerprint density at radius 2 is 1.96 bits per heavy atom. The van der Waals surface area contributed by atoms with Crippen molar-refractivity contribution >= 4 is 44.2 Å². The number of aromatic nitrogens is 1. The largest absolute Gasteiger partial charge is 0.459 e. The summed E-state index contributed by atoms with van der Waals surface area (Å²) in [7, 11) is 0. The Hall–Kier alpha value is -2.67. The first-order chi connectivity index (χ1) is 13.2. The fraction of sp³-hybridized carbons (Fsp3) is 0.381. The second-order valence-corrected chi connectivity index (χ2v) is 8.53. The zero-order valence-electron chi connectivity index (χ0n) is 16.4. The molecule has 3 rings (SSSR count). The highest BCUT2D eigenvalue weighted by Gasteiger charge is 2.26. The van der Waals surface area contributed by atoms with Crippen LogP contribution in [0.4, 0.5) is 0 Å². The molecule has 148 valence electrons. The van der Waals surface area contributed by atoms with Gasteiger partial charge in [0, 0.05) is 22.2 Å². The van der Waals surface area contributed by atoms with E-state index in [0.717, 1.165) is 10.1 Å². The van der Waals surface area contributed by atoms with Gasteiger partial charge < -0.3 is 15.0 Å². The minimum Gasteiger partial charge on any atom is -0.459 e. The topological polar surface area (TPSA) is 88.3 Å². The van der Waals surface area contributed by atoms with Gasteiger partial charge in [0.25, 0.3) is 11.5 Å². The Labute approximate surface area is 166 Å². The normalized spacial score (nSPS) is 11.9. The number of pyridine rings is 1. The molecule has 7 heteroatoms. The maximum absolute atomic E-state index is 12.4. The van der Waals surface area contributed by atoms with Crippen LogP contribution in [0.25, 0.3) is 21.0 Å². The standard InChI is InChI=1S/C21H24N2O4S/c1-12(2)21(3,4)27-17(24)7-9-22-19(25)13-5-6-14-16(11-13)23-20(26)15-8-10-28-18(14)15/h5-6,8,10-12H,7,9H2,1-4H3,(H,22,25)(H,23,26). The molecule has 0 aliphatic heterocycles. The fourth-order valence-corrected chi connectivity index (χ4v) is 3.65. The number of benzene rings is 1. The summed E-state index contributed by atoms with van der Waals surface area (Å²) >= 11 is 1.50. The van der Waals surface area contributed by atoms with Gasteiger partial charge in [-0.3, -0.25) is 14.4 Å². The first kappa shape index (κ1) is 20.1. The highest BCUT2D eigenvalue weighted by molar-refractivity contribution is 7.18. The Morgan fingerprint density at radius 3 is 2.68 bits per heavy atom. The van der Waals surface area contributed by atoms with Gasteiger partial charge in [-0.25, -0.2) is 0 Å². The third-order valence-corrected chi connectivity index (χ3v) is 6.01. The van der Waals surface area contributed by atoms with Crippen LogP contribution in [0.3, 0.4) is 0 Å². The van der Waals surface area contributed by atoms with Crippen LogP contribution < -0.4 is 10.9 Å². The number of carbonyl (C=O) groups excluding carboxylic acids is 2. The molecule has 0 saturated carbocycles. The number of amides is 1. The maximum Gasteiger partial charge on any atom is 0.308 e. The van der Waals surface area contributed by atoms with Gasteiger partial charge in [-0.15, -0.1) is 11.3 Å². The molecule has 0 spiro atoms. The van der Waals surface area contributed by atoms with E-state index in [4.69, 9.17) is 4.74 Å². The summed E-state index contributed by atoms with van der Waals surface area (Å²) < 4.78 is 6.37. The van der Waals surface area contributed by atoms with Crippen molar-refractivity contribution in [3.8, 4) is 0 Å². The van der Waals surface area contributed by atoms with Crippen molar-refractivity contribution in [2.75, 3.05) is 6.54 Å². The van der Waals surface area contributed by atoms with Crippen molar-refractivity contribution in [2.45, 2.75) is 39.7 Å². The quantitative estimate of drug-likeness (QED) is 0.615. The minimum atomic E-state index is -0.543. The van der Waals surface area contributed by atoms with E-state index >= 15 is 0 Å². The lowest BCUT2D eigenvalue weighted by molar-refractivity contribution is -0.160. The fourth-order valence-electron chi connectivity index (χ4n) is 2.72. The Morgan fingerprint density at radius 1 is 1.21 bits per heavy atom. The molecule has 28 heavy (non-hydrogen) atoms. The molecule has 0 bridgehead atoms. The predicted octanol–water partition coefficient (Wildman–Crippen LogP) is 3.84. The number of nitrogens with one attached hydrogen (secondary N) is 2. The average molecular weight is 401 g/mol. The molecule has 6 nitrogen and oxygen atoms in total. The molecular weight excluding hydrogens is 376 g/mol. The molecule has 0 radical (unpaired) electrons. The van der Waals surface area contributed by atoms with Crippen molar-refractivity contribution in [2.24, 2.45) is 5.92 Å². The number of ether oxygens (including phenoxy) is 1. The van der Waals surface area contributed by atoms with E-state index in [0.29, 0.717) is 16.5 Å². The Bertz CT molecular complexity index is 1090. The second kappa shape index (κ2) is 7.75. The number of aromatic amines is 1. The van der Waals surface area contributed by atoms with Gasteiger partial charge in [0.15, 0.2) is 0 Å². The van der Waals surface area contributed by atoms with E-state index in [1.54, 1.807) is 18.2 Å². The molecule has 3 aromatic rings. The van der Waals surface area contributed by atoms with Gasteiger partial charge in [0.05, 0.1) is 17.3 Å². The monoisotopic (exact) mass is 400 g/mol.